The van der Waals surface area contributed by atoms with Gasteiger partial charge in [-0.2, -0.15) is 0 Å². The van der Waals surface area contributed by atoms with Gasteiger partial charge in [-0.15, -0.1) is 0 Å². The highest BCUT2D eigenvalue weighted by atomic mass is 35.5. The van der Waals surface area contributed by atoms with Gasteiger partial charge in [-0.05, 0) is 43.2 Å². The highest BCUT2D eigenvalue weighted by Gasteiger charge is 2.25. The lowest BCUT2D eigenvalue weighted by Crippen LogP contribution is -2.34. The van der Waals surface area contributed by atoms with Crippen LogP contribution in [0.4, 0.5) is 11.4 Å². The molecule has 1 aliphatic heterocycles. The Labute approximate surface area is 139 Å². The molecule has 0 saturated carbocycles. The van der Waals surface area contributed by atoms with Gasteiger partial charge in [0.05, 0.1) is 16.3 Å². The summed E-state index contributed by atoms with van der Waals surface area (Å²) < 4.78 is 0. The first-order chi connectivity index (χ1) is 11.1. The molecule has 0 atom stereocenters. The van der Waals surface area contributed by atoms with Crippen LogP contribution >= 0.6 is 11.6 Å². The second-order valence-corrected chi connectivity index (χ2v) is 6.00. The zero-order chi connectivity index (χ0) is 16.4. The zero-order valence-electron chi connectivity index (χ0n) is 12.6. The molecule has 1 aliphatic rings. The van der Waals surface area contributed by atoms with Crippen molar-refractivity contribution in [3.05, 3.63) is 58.6 Å². The van der Waals surface area contributed by atoms with Crippen LogP contribution in [-0.2, 0) is 0 Å². The first-order valence-corrected chi connectivity index (χ1v) is 7.95. The van der Waals surface area contributed by atoms with Crippen molar-refractivity contribution in [2.75, 3.05) is 17.2 Å². The van der Waals surface area contributed by atoms with Gasteiger partial charge in [-0.25, -0.2) is 0 Å². The molecule has 5 heteroatoms. The number of hydrogen-bond donors (Lipinski definition) is 1. The van der Waals surface area contributed by atoms with Crippen molar-refractivity contribution in [1.82, 2.24) is 0 Å². The van der Waals surface area contributed by atoms with Gasteiger partial charge in [0.2, 0.25) is 0 Å². The fourth-order valence-corrected chi connectivity index (χ4v) is 3.09. The van der Waals surface area contributed by atoms with Crippen LogP contribution in [0.2, 0.25) is 5.02 Å². The molecule has 4 nitrogen and oxygen atoms in total. The molecule has 0 aromatic heterocycles. The molecule has 0 saturated heterocycles. The summed E-state index contributed by atoms with van der Waals surface area (Å²) in [5.74, 6) is -0.140. The number of amides is 1. The predicted molar refractivity (Wildman–Crippen MR) is 92.2 cm³/mol. The molecule has 0 unspecified atom stereocenters. The van der Waals surface area contributed by atoms with Crippen molar-refractivity contribution < 1.29 is 9.59 Å². The Bertz CT molecular complexity index is 773. The van der Waals surface area contributed by atoms with Crippen molar-refractivity contribution in [2.24, 2.45) is 0 Å². The average molecular weight is 329 g/mol. The van der Waals surface area contributed by atoms with Crippen molar-refractivity contribution in [3.63, 3.8) is 0 Å². The monoisotopic (exact) mass is 328 g/mol. The average Bonchev–Trinajstić information content (AvgIpc) is 2.52. The molecule has 3 rings (SSSR count). The van der Waals surface area contributed by atoms with Crippen LogP contribution in [-0.4, -0.2) is 18.2 Å². The number of nitrogens with zero attached hydrogens (tertiary/aromatic N) is 1. The summed E-state index contributed by atoms with van der Waals surface area (Å²) in [5, 5.41) is 0.320. The van der Waals surface area contributed by atoms with Gasteiger partial charge in [0.15, 0.2) is 5.78 Å². The highest BCUT2D eigenvalue weighted by Crippen LogP contribution is 2.29. The summed E-state index contributed by atoms with van der Waals surface area (Å²) in [6.07, 6.45) is 2.06. The SMILES string of the molecule is Nc1ccc(C(=O)N2CCCCC(=O)c3ccccc32)c(Cl)c1. The maximum absolute atomic E-state index is 13.0. The molecule has 2 aromatic carbocycles. The van der Waals surface area contributed by atoms with E-state index >= 15 is 0 Å². The Kier molecular flexibility index (Phi) is 4.35. The van der Waals surface area contributed by atoms with E-state index in [-0.39, 0.29) is 11.7 Å². The number of nitrogens with two attached hydrogens (primary N) is 1. The summed E-state index contributed by atoms with van der Waals surface area (Å²) in [5.41, 5.74) is 7.83. The quantitative estimate of drug-likeness (QED) is 0.806. The molecule has 23 heavy (non-hydrogen) atoms. The summed E-state index contributed by atoms with van der Waals surface area (Å²) in [6.45, 7) is 0.559. The number of rotatable bonds is 1. The summed E-state index contributed by atoms with van der Waals surface area (Å²) in [4.78, 5) is 26.9. The fourth-order valence-electron chi connectivity index (χ4n) is 2.82. The number of nitrogen functional groups attached to an aromatic ring is 1. The van der Waals surface area contributed by atoms with E-state index in [0.29, 0.717) is 40.5 Å². The molecular formula is C18H17ClN2O2. The molecule has 118 valence electrons. The van der Waals surface area contributed by atoms with Gasteiger partial charge in [0.25, 0.3) is 5.91 Å². The van der Waals surface area contributed by atoms with Crippen molar-refractivity contribution in [3.8, 4) is 0 Å². The van der Waals surface area contributed by atoms with Gasteiger partial charge < -0.3 is 10.6 Å². The van der Waals surface area contributed by atoms with Crippen molar-refractivity contribution in [2.45, 2.75) is 19.3 Å². The third-order valence-corrected chi connectivity index (χ3v) is 4.31. The van der Waals surface area contributed by atoms with E-state index in [1.54, 1.807) is 29.2 Å². The molecule has 0 radical (unpaired) electrons. The predicted octanol–water partition coefficient (Wildman–Crippen LogP) is 3.94. The Morgan fingerprint density at radius 2 is 1.91 bits per heavy atom. The van der Waals surface area contributed by atoms with E-state index in [0.717, 1.165) is 12.8 Å². The Morgan fingerprint density at radius 3 is 2.70 bits per heavy atom. The number of para-hydroxylation sites is 1. The molecule has 0 fully saturated rings. The number of carbonyl (C=O) groups excluding carboxylic acids is 2. The van der Waals surface area contributed by atoms with E-state index < -0.39 is 0 Å². The fraction of sp³-hybridized carbons (Fsp3) is 0.222. The van der Waals surface area contributed by atoms with E-state index in [4.69, 9.17) is 17.3 Å². The maximum atomic E-state index is 13.0. The lowest BCUT2D eigenvalue weighted by Gasteiger charge is -2.27. The van der Waals surface area contributed by atoms with Crippen LogP contribution in [0.1, 0.15) is 40.0 Å². The first-order valence-electron chi connectivity index (χ1n) is 7.57. The van der Waals surface area contributed by atoms with Crippen LogP contribution in [0.15, 0.2) is 42.5 Å². The summed E-state index contributed by atoms with van der Waals surface area (Å²) in [7, 11) is 0. The van der Waals surface area contributed by atoms with Gasteiger partial charge in [-0.1, -0.05) is 23.7 Å². The van der Waals surface area contributed by atoms with Gasteiger partial charge >= 0.3 is 0 Å². The standard InChI is InChI=1S/C18H17ClN2O2/c19-15-11-12(20)8-9-13(15)18(23)21-10-4-3-7-17(22)14-5-1-2-6-16(14)21/h1-2,5-6,8-9,11H,3-4,7,10,20H2. The number of ketones is 1. The van der Waals surface area contributed by atoms with Crippen LogP contribution < -0.4 is 10.6 Å². The van der Waals surface area contributed by atoms with Crippen LogP contribution in [0.3, 0.4) is 0 Å². The van der Waals surface area contributed by atoms with Crippen molar-refractivity contribution in [1.29, 1.82) is 0 Å². The first kappa shape index (κ1) is 15.6. The number of halogens is 1. The van der Waals surface area contributed by atoms with Crippen LogP contribution in [0.25, 0.3) is 0 Å². The van der Waals surface area contributed by atoms with Gasteiger partial charge in [0.1, 0.15) is 0 Å². The Balaban J connectivity index is 2.05. The smallest absolute Gasteiger partial charge is 0.259 e. The molecule has 1 amide bonds. The largest absolute Gasteiger partial charge is 0.399 e. The molecule has 0 aliphatic carbocycles. The summed E-state index contributed by atoms with van der Waals surface area (Å²) >= 11 is 6.18. The second kappa shape index (κ2) is 6.42. The van der Waals surface area contributed by atoms with Gasteiger partial charge in [-0.3, -0.25) is 9.59 Å². The molecule has 1 heterocycles. The number of benzene rings is 2. The van der Waals surface area contributed by atoms with E-state index in [1.807, 2.05) is 18.2 Å². The Morgan fingerprint density at radius 1 is 1.13 bits per heavy atom. The Hall–Kier alpha value is -2.33. The number of fused-ring (bicyclic) bond motifs is 1. The van der Waals surface area contributed by atoms with E-state index in [9.17, 15) is 9.59 Å². The van der Waals surface area contributed by atoms with Crippen LogP contribution in [0.5, 0.6) is 0 Å². The molecular weight excluding hydrogens is 312 g/mol. The van der Waals surface area contributed by atoms with E-state index in [1.165, 1.54) is 0 Å². The van der Waals surface area contributed by atoms with Crippen LogP contribution in [0, 0.1) is 0 Å². The number of carbonyl (C=O) groups is 2. The second-order valence-electron chi connectivity index (χ2n) is 5.59. The molecule has 0 spiro atoms. The summed E-state index contributed by atoms with van der Waals surface area (Å²) in [6, 6.07) is 12.1. The minimum absolute atomic E-state index is 0.0708. The zero-order valence-corrected chi connectivity index (χ0v) is 13.3. The highest BCUT2D eigenvalue weighted by molar-refractivity contribution is 6.35. The van der Waals surface area contributed by atoms with Crippen molar-refractivity contribution >= 4 is 34.7 Å². The van der Waals surface area contributed by atoms with Gasteiger partial charge in [0, 0.05) is 24.2 Å². The maximum Gasteiger partial charge on any atom is 0.259 e. The minimum atomic E-state index is -0.211. The molecule has 2 aromatic rings. The normalized spacial score (nSPS) is 14.8. The number of Topliss-reactive ketones (excluding diaryl/α,β-unsaturated/α-hetero) is 1. The molecule has 0 bridgehead atoms. The lowest BCUT2D eigenvalue weighted by atomic mass is 9.99. The molecule has 2 N–H and O–H groups in total. The third kappa shape index (κ3) is 3.08. The topological polar surface area (TPSA) is 63.4 Å². The third-order valence-electron chi connectivity index (χ3n) is 4.00. The lowest BCUT2D eigenvalue weighted by molar-refractivity contribution is 0.0972. The number of anilines is 2. The van der Waals surface area contributed by atoms with E-state index in [2.05, 4.69) is 0 Å². The minimum Gasteiger partial charge on any atom is -0.399 e. The number of hydrogen-bond acceptors (Lipinski definition) is 3.